The molecule has 1 unspecified atom stereocenters. The van der Waals surface area contributed by atoms with Crippen LogP contribution in [0.2, 0.25) is 0 Å². The van der Waals surface area contributed by atoms with Crippen molar-refractivity contribution >= 4 is 17.7 Å². The Morgan fingerprint density at radius 2 is 2.39 bits per heavy atom. The van der Waals surface area contributed by atoms with Crippen LogP contribution < -0.4 is 11.1 Å². The van der Waals surface area contributed by atoms with Crippen molar-refractivity contribution in [3.63, 3.8) is 0 Å². The van der Waals surface area contributed by atoms with E-state index in [1.54, 1.807) is 6.26 Å². The summed E-state index contributed by atoms with van der Waals surface area (Å²) in [6, 6.07) is 3.87. The Bertz CT molecular complexity index is 354. The molecule has 0 aliphatic rings. The monoisotopic (exact) mass is 270 g/mol. The zero-order valence-corrected chi connectivity index (χ0v) is 11.9. The quantitative estimate of drug-likeness (QED) is 0.675. The van der Waals surface area contributed by atoms with Crippen molar-refractivity contribution in [3.8, 4) is 0 Å². The van der Waals surface area contributed by atoms with Crippen LogP contribution in [-0.2, 0) is 10.5 Å². The summed E-state index contributed by atoms with van der Waals surface area (Å²) in [6.07, 6.45) is 3.41. The van der Waals surface area contributed by atoms with E-state index in [0.29, 0.717) is 0 Å². The van der Waals surface area contributed by atoms with Gasteiger partial charge in [-0.1, -0.05) is 6.92 Å². The largest absolute Gasteiger partial charge is 0.468 e. The van der Waals surface area contributed by atoms with E-state index in [1.807, 2.05) is 37.7 Å². The molecule has 0 spiro atoms. The first kappa shape index (κ1) is 15.1. The molecule has 102 valence electrons. The van der Waals surface area contributed by atoms with Gasteiger partial charge in [0.15, 0.2) is 0 Å². The first-order chi connectivity index (χ1) is 8.58. The van der Waals surface area contributed by atoms with Crippen molar-refractivity contribution in [2.45, 2.75) is 38.0 Å². The van der Waals surface area contributed by atoms with Crippen LogP contribution in [0.4, 0.5) is 0 Å². The number of nitrogens with one attached hydrogen (secondary N) is 1. The van der Waals surface area contributed by atoms with Gasteiger partial charge < -0.3 is 15.5 Å². The third-order valence-corrected chi connectivity index (χ3v) is 3.97. The Kier molecular flexibility index (Phi) is 6.29. The molecule has 0 aromatic carbocycles. The number of nitrogens with two attached hydrogens (primary N) is 1. The molecule has 1 aromatic heterocycles. The number of likely N-dealkylation sites (N-methyl/N-ethyl adjacent to an activating group) is 1. The third kappa shape index (κ3) is 4.74. The molecule has 0 saturated heterocycles. The van der Waals surface area contributed by atoms with Gasteiger partial charge in [0.25, 0.3) is 0 Å². The smallest absolute Gasteiger partial charge is 0.237 e. The van der Waals surface area contributed by atoms with Gasteiger partial charge in [-0.2, -0.15) is 11.8 Å². The van der Waals surface area contributed by atoms with Gasteiger partial charge in [-0.25, -0.2) is 0 Å². The van der Waals surface area contributed by atoms with Crippen LogP contribution in [0.3, 0.4) is 0 Å². The number of thioether (sulfide) groups is 1. The first-order valence-electron chi connectivity index (χ1n) is 6.23. The van der Waals surface area contributed by atoms with E-state index in [2.05, 4.69) is 5.32 Å². The van der Waals surface area contributed by atoms with Crippen molar-refractivity contribution in [3.05, 3.63) is 24.2 Å². The zero-order chi connectivity index (χ0) is 13.4. The molecule has 0 aliphatic heterocycles. The minimum atomic E-state index is -0.583. The summed E-state index contributed by atoms with van der Waals surface area (Å²) >= 11 is 1.81. The number of carbonyl (C=O) groups excluding carboxylic acids is 1. The van der Waals surface area contributed by atoms with Crippen molar-refractivity contribution in [1.29, 1.82) is 0 Å². The lowest BCUT2D eigenvalue weighted by molar-refractivity contribution is -0.124. The number of furan rings is 1. The summed E-state index contributed by atoms with van der Waals surface area (Å²) in [5.74, 6) is 2.58. The lowest BCUT2D eigenvalue weighted by Crippen LogP contribution is -2.53. The van der Waals surface area contributed by atoms with Gasteiger partial charge in [0.05, 0.1) is 17.6 Å². The van der Waals surface area contributed by atoms with Crippen molar-refractivity contribution < 1.29 is 9.21 Å². The predicted molar refractivity (Wildman–Crippen MR) is 75.4 cm³/mol. The molecule has 1 heterocycles. The fourth-order valence-electron chi connectivity index (χ4n) is 1.78. The second kappa shape index (κ2) is 7.48. The number of primary amides is 1. The summed E-state index contributed by atoms with van der Waals surface area (Å²) in [6.45, 7) is 4.60. The molecule has 0 aliphatic carbocycles. The SMILES string of the molecule is CCNC(C)(CCCSCc1ccco1)C(N)=O. The highest BCUT2D eigenvalue weighted by molar-refractivity contribution is 7.98. The number of hydrogen-bond donors (Lipinski definition) is 2. The number of rotatable bonds is 9. The Labute approximate surface area is 113 Å². The van der Waals surface area contributed by atoms with Crippen LogP contribution in [0, 0.1) is 0 Å². The summed E-state index contributed by atoms with van der Waals surface area (Å²) < 4.78 is 5.25. The molecule has 0 radical (unpaired) electrons. The van der Waals surface area contributed by atoms with Crippen LogP contribution >= 0.6 is 11.8 Å². The molecule has 18 heavy (non-hydrogen) atoms. The average Bonchev–Trinajstić information content (AvgIpc) is 2.81. The van der Waals surface area contributed by atoms with E-state index in [4.69, 9.17) is 10.2 Å². The molecule has 5 heteroatoms. The van der Waals surface area contributed by atoms with Crippen LogP contribution in [0.15, 0.2) is 22.8 Å². The summed E-state index contributed by atoms with van der Waals surface area (Å²) in [7, 11) is 0. The summed E-state index contributed by atoms with van der Waals surface area (Å²) in [4.78, 5) is 11.4. The van der Waals surface area contributed by atoms with Crippen LogP contribution in [-0.4, -0.2) is 23.7 Å². The molecular weight excluding hydrogens is 248 g/mol. The van der Waals surface area contributed by atoms with Crippen molar-refractivity contribution in [2.75, 3.05) is 12.3 Å². The van der Waals surface area contributed by atoms with Gasteiger partial charge in [0.1, 0.15) is 5.76 Å². The highest BCUT2D eigenvalue weighted by atomic mass is 32.2. The second-order valence-electron chi connectivity index (χ2n) is 4.46. The van der Waals surface area contributed by atoms with Gasteiger partial charge in [-0.05, 0) is 44.2 Å². The second-order valence-corrected chi connectivity index (χ2v) is 5.57. The highest BCUT2D eigenvalue weighted by Crippen LogP contribution is 2.18. The van der Waals surface area contributed by atoms with Crippen LogP contribution in [0.1, 0.15) is 32.4 Å². The normalized spacial score (nSPS) is 14.3. The minimum absolute atomic E-state index is 0.277. The lowest BCUT2D eigenvalue weighted by Gasteiger charge is -2.26. The fraction of sp³-hybridized carbons (Fsp3) is 0.615. The average molecular weight is 270 g/mol. The van der Waals surface area contributed by atoms with E-state index in [1.165, 1.54) is 0 Å². The predicted octanol–water partition coefficient (Wildman–Crippen LogP) is 2.15. The van der Waals surface area contributed by atoms with Gasteiger partial charge in [-0.3, -0.25) is 4.79 Å². The van der Waals surface area contributed by atoms with Gasteiger partial charge in [0.2, 0.25) is 5.91 Å². The first-order valence-corrected chi connectivity index (χ1v) is 7.39. The molecule has 1 atom stereocenters. The fourth-order valence-corrected chi connectivity index (χ4v) is 2.64. The van der Waals surface area contributed by atoms with Crippen molar-refractivity contribution in [1.82, 2.24) is 5.32 Å². The number of amides is 1. The van der Waals surface area contributed by atoms with Gasteiger partial charge >= 0.3 is 0 Å². The molecule has 1 amide bonds. The summed E-state index contributed by atoms with van der Waals surface area (Å²) in [5.41, 5.74) is 4.84. The molecular formula is C13H22N2O2S. The molecule has 1 rings (SSSR count). The maximum absolute atomic E-state index is 11.4. The molecule has 0 fully saturated rings. The number of hydrogen-bond acceptors (Lipinski definition) is 4. The minimum Gasteiger partial charge on any atom is -0.468 e. The highest BCUT2D eigenvalue weighted by Gasteiger charge is 2.28. The molecule has 3 N–H and O–H groups in total. The molecule has 0 saturated carbocycles. The molecule has 0 bridgehead atoms. The topological polar surface area (TPSA) is 68.3 Å². The standard InChI is InChI=1S/C13H22N2O2S/c1-3-15-13(2,12(14)16)7-5-9-18-10-11-6-4-8-17-11/h4,6,8,15H,3,5,7,9-10H2,1-2H3,(H2,14,16). The zero-order valence-electron chi connectivity index (χ0n) is 11.1. The Hall–Kier alpha value is -0.940. The van der Waals surface area contributed by atoms with E-state index in [9.17, 15) is 4.79 Å². The lowest BCUT2D eigenvalue weighted by atomic mass is 9.95. The Morgan fingerprint density at radius 1 is 1.61 bits per heavy atom. The van der Waals surface area contributed by atoms with E-state index < -0.39 is 5.54 Å². The molecule has 1 aromatic rings. The Balaban J connectivity index is 2.21. The van der Waals surface area contributed by atoms with Crippen LogP contribution in [0.25, 0.3) is 0 Å². The van der Waals surface area contributed by atoms with Crippen LogP contribution in [0.5, 0.6) is 0 Å². The molecule has 4 nitrogen and oxygen atoms in total. The number of carbonyl (C=O) groups is 1. The van der Waals surface area contributed by atoms with Gasteiger partial charge in [0, 0.05) is 0 Å². The van der Waals surface area contributed by atoms with Gasteiger partial charge in [-0.15, -0.1) is 0 Å². The third-order valence-electron chi connectivity index (χ3n) is 2.90. The van der Waals surface area contributed by atoms with E-state index in [-0.39, 0.29) is 5.91 Å². The Morgan fingerprint density at radius 3 is 2.94 bits per heavy atom. The van der Waals surface area contributed by atoms with Crippen molar-refractivity contribution in [2.24, 2.45) is 5.73 Å². The van der Waals surface area contributed by atoms with E-state index in [0.717, 1.165) is 36.7 Å². The van der Waals surface area contributed by atoms with E-state index >= 15 is 0 Å². The maximum Gasteiger partial charge on any atom is 0.237 e. The maximum atomic E-state index is 11.4. The summed E-state index contributed by atoms with van der Waals surface area (Å²) in [5, 5.41) is 3.16.